The molecule has 3 aliphatic rings. The lowest BCUT2D eigenvalue weighted by Gasteiger charge is -2.38. The zero-order valence-corrected chi connectivity index (χ0v) is 22.6. The van der Waals surface area contributed by atoms with E-state index in [-0.39, 0.29) is 29.9 Å². The van der Waals surface area contributed by atoms with Gasteiger partial charge in [-0.2, -0.15) is 0 Å². The maximum Gasteiger partial charge on any atom is 0.312 e. The first-order valence-electron chi connectivity index (χ1n) is 12.1. The van der Waals surface area contributed by atoms with Crippen LogP contribution in [0.4, 0.5) is 5.69 Å². The highest BCUT2D eigenvalue weighted by Crippen LogP contribution is 2.60. The number of nitrogens with one attached hydrogen (secondary N) is 1. The van der Waals surface area contributed by atoms with Crippen molar-refractivity contribution in [3.05, 3.63) is 28.8 Å². The van der Waals surface area contributed by atoms with Gasteiger partial charge < -0.3 is 24.8 Å². The standard InChI is InChI=1S/C25H32BrClN2O6/c1-5-12(3)16(11-30)29-21(22(31)28-19-13(4)8-7-9-15(19)27)25-10-14(26)20(35-25)17(18(25)23(29)32)24(33)34-6-2/h7-9,12,14,16-18,20-21,30H,5-6,10-11H2,1-4H3,(H,28,31)/t12-,14?,16-,17-,18+,20-,21-,25+/m0/s1. The van der Waals surface area contributed by atoms with Gasteiger partial charge in [0.15, 0.2) is 0 Å². The van der Waals surface area contributed by atoms with E-state index in [0.29, 0.717) is 23.6 Å². The Labute approximate surface area is 218 Å². The molecule has 0 saturated carbocycles. The first-order valence-corrected chi connectivity index (χ1v) is 13.4. The van der Waals surface area contributed by atoms with Crippen LogP contribution in [-0.4, -0.2) is 69.6 Å². The molecule has 3 saturated heterocycles. The van der Waals surface area contributed by atoms with E-state index in [9.17, 15) is 19.5 Å². The average Bonchev–Trinajstić information content (AvgIpc) is 3.40. The maximum atomic E-state index is 14.0. The topological polar surface area (TPSA) is 105 Å². The summed E-state index contributed by atoms with van der Waals surface area (Å²) in [7, 11) is 0. The van der Waals surface area contributed by atoms with Gasteiger partial charge in [0.25, 0.3) is 0 Å². The summed E-state index contributed by atoms with van der Waals surface area (Å²) in [5.74, 6) is -3.12. The van der Waals surface area contributed by atoms with Crippen molar-refractivity contribution in [3.8, 4) is 0 Å². The summed E-state index contributed by atoms with van der Waals surface area (Å²) in [6.07, 6.45) is 0.480. The molecule has 192 valence electrons. The van der Waals surface area contributed by atoms with Crippen LogP contribution in [0.25, 0.3) is 0 Å². The van der Waals surface area contributed by atoms with Gasteiger partial charge in [-0.3, -0.25) is 14.4 Å². The Balaban J connectivity index is 1.81. The van der Waals surface area contributed by atoms with E-state index in [1.54, 1.807) is 19.1 Å². The van der Waals surface area contributed by atoms with Gasteiger partial charge in [-0.25, -0.2) is 0 Å². The van der Waals surface area contributed by atoms with Gasteiger partial charge in [0.2, 0.25) is 11.8 Å². The second-order valence-electron chi connectivity index (χ2n) is 9.72. The Kier molecular flexibility index (Phi) is 7.53. The number of hydrogen-bond donors (Lipinski definition) is 2. The summed E-state index contributed by atoms with van der Waals surface area (Å²) in [6.45, 7) is 7.30. The predicted octanol–water partition coefficient (Wildman–Crippen LogP) is 3.31. The van der Waals surface area contributed by atoms with Crippen LogP contribution in [0.3, 0.4) is 0 Å². The van der Waals surface area contributed by atoms with Crippen LogP contribution in [0.1, 0.15) is 39.2 Å². The second kappa shape index (κ2) is 10.00. The normalized spacial score (nSPS) is 32.9. The number of aliphatic hydroxyl groups excluding tert-OH is 1. The van der Waals surface area contributed by atoms with Gasteiger partial charge in [-0.05, 0) is 37.8 Å². The zero-order chi connectivity index (χ0) is 25.7. The van der Waals surface area contributed by atoms with E-state index >= 15 is 0 Å². The Morgan fingerprint density at radius 3 is 2.71 bits per heavy atom. The van der Waals surface area contributed by atoms with Crippen molar-refractivity contribution >= 4 is 51.0 Å². The maximum absolute atomic E-state index is 14.0. The van der Waals surface area contributed by atoms with E-state index in [0.717, 1.165) is 5.56 Å². The molecule has 1 aromatic rings. The molecule has 3 heterocycles. The number of aliphatic hydroxyl groups is 1. The molecule has 2 bridgehead atoms. The van der Waals surface area contributed by atoms with E-state index in [2.05, 4.69) is 21.2 Å². The molecule has 0 radical (unpaired) electrons. The van der Waals surface area contributed by atoms with Crippen LogP contribution in [-0.2, 0) is 23.9 Å². The van der Waals surface area contributed by atoms with Crippen molar-refractivity contribution in [1.82, 2.24) is 4.90 Å². The molecule has 1 unspecified atom stereocenters. The van der Waals surface area contributed by atoms with Crippen molar-refractivity contribution in [3.63, 3.8) is 0 Å². The number of carbonyl (C=O) groups excluding carboxylic acids is 3. The van der Waals surface area contributed by atoms with Crippen molar-refractivity contribution in [2.45, 2.75) is 69.2 Å². The Morgan fingerprint density at radius 2 is 2.11 bits per heavy atom. The lowest BCUT2D eigenvalue weighted by Crippen LogP contribution is -2.57. The van der Waals surface area contributed by atoms with Gasteiger partial charge in [0, 0.05) is 4.83 Å². The highest BCUT2D eigenvalue weighted by Gasteiger charge is 2.77. The van der Waals surface area contributed by atoms with E-state index in [1.807, 2.05) is 26.8 Å². The SMILES string of the molecule is CCOC(=O)[C@@H]1[C@H]2O[C@@]3(CC2Br)[C@H](C(=O)Nc2c(C)cccc2Cl)N([C@@H](CO)[C@@H](C)CC)C(=O)[C@@H]13. The van der Waals surface area contributed by atoms with Crippen LogP contribution in [0, 0.1) is 24.7 Å². The fourth-order valence-corrected chi connectivity index (χ4v) is 7.24. The summed E-state index contributed by atoms with van der Waals surface area (Å²) in [5, 5.41) is 13.6. The Hall–Kier alpha value is -1.68. The van der Waals surface area contributed by atoms with Gasteiger partial charge in [0.1, 0.15) is 11.6 Å². The summed E-state index contributed by atoms with van der Waals surface area (Å²) < 4.78 is 11.7. The highest BCUT2D eigenvalue weighted by atomic mass is 79.9. The highest BCUT2D eigenvalue weighted by molar-refractivity contribution is 9.09. The largest absolute Gasteiger partial charge is 0.466 e. The number of ether oxygens (including phenoxy) is 2. The number of alkyl halides is 1. The van der Waals surface area contributed by atoms with Gasteiger partial charge in [-0.1, -0.05) is 59.9 Å². The number of carbonyl (C=O) groups is 3. The lowest BCUT2D eigenvalue weighted by atomic mass is 9.70. The number of benzene rings is 1. The number of nitrogens with zero attached hydrogens (tertiary/aromatic N) is 1. The lowest BCUT2D eigenvalue weighted by molar-refractivity contribution is -0.155. The molecule has 0 aromatic heterocycles. The molecular formula is C25H32BrClN2O6. The minimum atomic E-state index is -1.23. The number of hydrogen-bond acceptors (Lipinski definition) is 6. The molecule has 1 spiro atoms. The smallest absolute Gasteiger partial charge is 0.312 e. The van der Waals surface area contributed by atoms with Crippen LogP contribution in [0.2, 0.25) is 5.02 Å². The third kappa shape index (κ3) is 4.08. The molecule has 2 N–H and O–H groups in total. The van der Waals surface area contributed by atoms with Crippen LogP contribution in [0.15, 0.2) is 18.2 Å². The molecule has 8 nitrogen and oxygen atoms in total. The number of likely N-dealkylation sites (tertiary alicyclic amines) is 1. The van der Waals surface area contributed by atoms with Gasteiger partial charge >= 0.3 is 5.97 Å². The number of aryl methyl sites for hydroxylation is 1. The number of anilines is 1. The zero-order valence-electron chi connectivity index (χ0n) is 20.3. The Morgan fingerprint density at radius 1 is 1.40 bits per heavy atom. The quantitative estimate of drug-likeness (QED) is 0.367. The predicted molar refractivity (Wildman–Crippen MR) is 134 cm³/mol. The number of halogens is 2. The Bertz CT molecular complexity index is 1000. The molecule has 35 heavy (non-hydrogen) atoms. The summed E-state index contributed by atoms with van der Waals surface area (Å²) in [4.78, 5) is 42.2. The molecule has 10 heteroatoms. The second-order valence-corrected chi connectivity index (χ2v) is 11.3. The number of amides is 2. The minimum Gasteiger partial charge on any atom is -0.466 e. The summed E-state index contributed by atoms with van der Waals surface area (Å²) in [5.41, 5.74) is 0.00389. The first-order chi connectivity index (χ1) is 16.6. The van der Waals surface area contributed by atoms with Crippen LogP contribution < -0.4 is 5.32 Å². The third-order valence-corrected chi connectivity index (χ3v) is 9.01. The van der Waals surface area contributed by atoms with Crippen LogP contribution in [0.5, 0.6) is 0 Å². The average molecular weight is 572 g/mol. The van der Waals surface area contributed by atoms with Crippen LogP contribution >= 0.6 is 27.5 Å². The summed E-state index contributed by atoms with van der Waals surface area (Å²) in [6, 6.07) is 3.64. The summed E-state index contributed by atoms with van der Waals surface area (Å²) >= 11 is 10.0. The monoisotopic (exact) mass is 570 g/mol. The number of para-hydroxylation sites is 1. The molecule has 1 aromatic carbocycles. The number of esters is 1. The molecule has 8 atom stereocenters. The fraction of sp³-hybridized carbons (Fsp3) is 0.640. The van der Waals surface area contributed by atoms with Gasteiger partial charge in [-0.15, -0.1) is 0 Å². The molecule has 3 fully saturated rings. The van der Waals surface area contributed by atoms with E-state index in [4.69, 9.17) is 21.1 Å². The van der Waals surface area contributed by atoms with E-state index in [1.165, 1.54) is 4.90 Å². The molecule has 0 aliphatic carbocycles. The van der Waals surface area contributed by atoms with Crippen molar-refractivity contribution in [2.24, 2.45) is 17.8 Å². The van der Waals surface area contributed by atoms with Crippen molar-refractivity contribution < 1.29 is 29.0 Å². The molecular weight excluding hydrogens is 540 g/mol. The van der Waals surface area contributed by atoms with Crippen molar-refractivity contribution in [2.75, 3.05) is 18.5 Å². The number of rotatable bonds is 8. The van der Waals surface area contributed by atoms with Crippen molar-refractivity contribution in [1.29, 1.82) is 0 Å². The minimum absolute atomic E-state index is 0.0884. The van der Waals surface area contributed by atoms with Gasteiger partial charge in [0.05, 0.1) is 47.9 Å². The molecule has 4 rings (SSSR count). The molecule has 3 aliphatic heterocycles. The fourth-order valence-electron chi connectivity index (χ4n) is 6.03. The first kappa shape index (κ1) is 26.4. The van der Waals surface area contributed by atoms with E-state index < -0.39 is 47.5 Å². The third-order valence-electron chi connectivity index (χ3n) is 7.85. The molecule has 2 amide bonds. The number of fused-ring (bicyclic) bond motifs is 1.